The maximum absolute atomic E-state index is 3.98. The van der Waals surface area contributed by atoms with Crippen LogP contribution in [0, 0.1) is 6.92 Å². The molecule has 2 heteroatoms. The van der Waals surface area contributed by atoms with Gasteiger partial charge in [0.25, 0.3) is 0 Å². The van der Waals surface area contributed by atoms with Crippen molar-refractivity contribution < 1.29 is 0 Å². The summed E-state index contributed by atoms with van der Waals surface area (Å²) in [6.07, 6.45) is 3.53. The van der Waals surface area contributed by atoms with Crippen molar-refractivity contribution in [3.05, 3.63) is 42.4 Å². The Hall–Kier alpha value is -1.57. The second kappa shape index (κ2) is 5.22. The molecule has 0 aliphatic heterocycles. The number of nitrogens with zero attached hydrogens (tertiary/aromatic N) is 1. The first kappa shape index (κ1) is 10.5. The predicted octanol–water partition coefficient (Wildman–Crippen LogP) is 3.41. The van der Waals surface area contributed by atoms with Crippen LogP contribution >= 0.6 is 0 Å². The Morgan fingerprint density at radius 3 is 2.43 bits per heavy atom. The number of aromatic amines is 1. The summed E-state index contributed by atoms with van der Waals surface area (Å²) in [6.45, 7) is 6.09. The predicted molar refractivity (Wildman–Crippen MR) is 60.1 cm³/mol. The lowest BCUT2D eigenvalue weighted by atomic mass is 10.1. The fourth-order valence-corrected chi connectivity index (χ4v) is 1.28. The van der Waals surface area contributed by atoms with Gasteiger partial charge in [-0.3, -0.25) is 0 Å². The van der Waals surface area contributed by atoms with Crippen LogP contribution < -0.4 is 0 Å². The normalized spacial score (nSPS) is 9.07. The highest BCUT2D eigenvalue weighted by molar-refractivity contribution is 5.62. The zero-order valence-corrected chi connectivity index (χ0v) is 8.91. The number of aryl methyl sites for hydroxylation is 1. The van der Waals surface area contributed by atoms with E-state index < -0.39 is 0 Å². The molecule has 0 radical (unpaired) electrons. The summed E-state index contributed by atoms with van der Waals surface area (Å²) in [5, 5.41) is 0. The molecule has 1 heterocycles. The topological polar surface area (TPSA) is 28.7 Å². The summed E-state index contributed by atoms with van der Waals surface area (Å²) in [5.74, 6) is 0. The van der Waals surface area contributed by atoms with Crippen LogP contribution in [-0.4, -0.2) is 9.97 Å². The van der Waals surface area contributed by atoms with Gasteiger partial charge in [-0.1, -0.05) is 38.1 Å². The van der Waals surface area contributed by atoms with Crippen LogP contribution in [0.2, 0.25) is 0 Å². The largest absolute Gasteiger partial charge is 0.345 e. The molecule has 0 fully saturated rings. The summed E-state index contributed by atoms with van der Waals surface area (Å²) in [7, 11) is 0. The van der Waals surface area contributed by atoms with Crippen LogP contribution in [0.4, 0.5) is 0 Å². The molecule has 0 unspecified atom stereocenters. The van der Waals surface area contributed by atoms with Crippen LogP contribution in [0.3, 0.4) is 0 Å². The maximum Gasteiger partial charge on any atom is 0.0924 e. The van der Waals surface area contributed by atoms with Gasteiger partial charge in [0, 0.05) is 5.56 Å². The van der Waals surface area contributed by atoms with Crippen molar-refractivity contribution in [1.29, 1.82) is 0 Å². The van der Waals surface area contributed by atoms with Gasteiger partial charge < -0.3 is 4.98 Å². The van der Waals surface area contributed by atoms with Gasteiger partial charge in [-0.15, -0.1) is 0 Å². The third kappa shape index (κ3) is 2.22. The Labute approximate surface area is 85.0 Å². The molecule has 0 aliphatic carbocycles. The molecule has 0 atom stereocenters. The molecule has 1 aromatic heterocycles. The third-order valence-corrected chi connectivity index (χ3v) is 1.93. The van der Waals surface area contributed by atoms with Gasteiger partial charge in [0.2, 0.25) is 0 Å². The lowest BCUT2D eigenvalue weighted by Gasteiger charge is -2.00. The van der Waals surface area contributed by atoms with Gasteiger partial charge in [-0.25, -0.2) is 4.98 Å². The molecule has 74 valence electrons. The van der Waals surface area contributed by atoms with Gasteiger partial charge in [0.15, 0.2) is 0 Å². The fraction of sp³-hybridized carbons (Fsp3) is 0.250. The van der Waals surface area contributed by atoms with Crippen LogP contribution in [0.25, 0.3) is 11.3 Å². The summed E-state index contributed by atoms with van der Waals surface area (Å²) >= 11 is 0. The van der Waals surface area contributed by atoms with Crippen molar-refractivity contribution in [3.8, 4) is 11.3 Å². The monoisotopic (exact) mass is 188 g/mol. The number of H-pyrrole nitrogens is 1. The zero-order valence-electron chi connectivity index (χ0n) is 8.91. The summed E-state index contributed by atoms with van der Waals surface area (Å²) in [5.41, 5.74) is 3.56. The Balaban J connectivity index is 0.000000461. The van der Waals surface area contributed by atoms with Crippen molar-refractivity contribution in [2.75, 3.05) is 0 Å². The molecule has 1 aromatic carbocycles. The number of nitrogens with one attached hydrogen (secondary N) is 1. The van der Waals surface area contributed by atoms with Gasteiger partial charge in [0.05, 0.1) is 18.2 Å². The third-order valence-electron chi connectivity index (χ3n) is 1.93. The first-order chi connectivity index (χ1) is 6.88. The molecule has 2 rings (SSSR count). The lowest BCUT2D eigenvalue weighted by Crippen LogP contribution is -1.80. The van der Waals surface area contributed by atoms with Crippen LogP contribution in [0.1, 0.15) is 19.4 Å². The van der Waals surface area contributed by atoms with E-state index in [0.717, 1.165) is 5.69 Å². The minimum absolute atomic E-state index is 1.08. The highest BCUT2D eigenvalue weighted by Gasteiger charge is 1.99. The highest BCUT2D eigenvalue weighted by atomic mass is 14.9. The molecule has 0 aliphatic rings. The quantitative estimate of drug-likeness (QED) is 0.730. The zero-order chi connectivity index (χ0) is 10.4. The molecular formula is C12H16N2. The van der Waals surface area contributed by atoms with E-state index in [0.29, 0.717) is 0 Å². The van der Waals surface area contributed by atoms with Crippen molar-refractivity contribution >= 4 is 0 Å². The van der Waals surface area contributed by atoms with Gasteiger partial charge >= 0.3 is 0 Å². The van der Waals surface area contributed by atoms with E-state index in [1.807, 2.05) is 32.2 Å². The second-order valence-corrected chi connectivity index (χ2v) is 2.78. The number of imidazole rings is 1. The molecule has 0 saturated heterocycles. The van der Waals surface area contributed by atoms with Gasteiger partial charge in [-0.2, -0.15) is 0 Å². The number of aromatic nitrogens is 2. The summed E-state index contributed by atoms with van der Waals surface area (Å²) in [4.78, 5) is 7.07. The SMILES string of the molecule is CC.Cc1ccccc1-c1cnc[nH]1. The van der Waals surface area contributed by atoms with Crippen LogP contribution in [0.15, 0.2) is 36.8 Å². The smallest absolute Gasteiger partial charge is 0.0924 e. The van der Waals surface area contributed by atoms with Crippen molar-refractivity contribution in [2.45, 2.75) is 20.8 Å². The molecule has 0 amide bonds. The molecule has 2 aromatic rings. The summed E-state index contributed by atoms with van der Waals surface area (Å²) < 4.78 is 0. The standard InChI is InChI=1S/C10H10N2.C2H6/c1-8-4-2-3-5-9(8)10-6-11-7-12-10;1-2/h2-7H,1H3,(H,11,12);1-2H3. The molecule has 0 bridgehead atoms. The Bertz CT molecular complexity index is 364. The van der Waals surface area contributed by atoms with Crippen molar-refractivity contribution in [2.24, 2.45) is 0 Å². The molecule has 0 spiro atoms. The van der Waals surface area contributed by atoms with E-state index in [1.165, 1.54) is 11.1 Å². The summed E-state index contributed by atoms with van der Waals surface area (Å²) in [6, 6.07) is 8.25. The van der Waals surface area contributed by atoms with Crippen molar-refractivity contribution in [1.82, 2.24) is 9.97 Å². The second-order valence-electron chi connectivity index (χ2n) is 2.78. The minimum atomic E-state index is 1.08. The first-order valence-electron chi connectivity index (χ1n) is 4.92. The van der Waals surface area contributed by atoms with E-state index in [-0.39, 0.29) is 0 Å². The molecule has 1 N–H and O–H groups in total. The average molecular weight is 188 g/mol. The Morgan fingerprint density at radius 2 is 1.86 bits per heavy atom. The first-order valence-corrected chi connectivity index (χ1v) is 4.92. The highest BCUT2D eigenvalue weighted by Crippen LogP contribution is 2.19. The maximum atomic E-state index is 3.98. The average Bonchev–Trinajstić information content (AvgIpc) is 2.75. The molecule has 2 nitrogen and oxygen atoms in total. The van der Waals surface area contributed by atoms with E-state index in [1.54, 1.807) is 6.33 Å². The van der Waals surface area contributed by atoms with E-state index >= 15 is 0 Å². The molecule has 0 saturated carbocycles. The fourth-order valence-electron chi connectivity index (χ4n) is 1.28. The molecular weight excluding hydrogens is 172 g/mol. The van der Waals surface area contributed by atoms with Gasteiger partial charge in [-0.05, 0) is 12.5 Å². The lowest BCUT2D eigenvalue weighted by molar-refractivity contribution is 1.31. The Morgan fingerprint density at radius 1 is 1.14 bits per heavy atom. The minimum Gasteiger partial charge on any atom is -0.345 e. The number of benzene rings is 1. The van der Waals surface area contributed by atoms with E-state index in [2.05, 4.69) is 29.0 Å². The number of rotatable bonds is 1. The van der Waals surface area contributed by atoms with Crippen molar-refractivity contribution in [3.63, 3.8) is 0 Å². The van der Waals surface area contributed by atoms with E-state index in [9.17, 15) is 0 Å². The number of hydrogen-bond acceptors (Lipinski definition) is 1. The Kier molecular flexibility index (Phi) is 3.92. The number of hydrogen-bond donors (Lipinski definition) is 1. The van der Waals surface area contributed by atoms with Crippen LogP contribution in [-0.2, 0) is 0 Å². The molecule has 14 heavy (non-hydrogen) atoms. The van der Waals surface area contributed by atoms with Crippen LogP contribution in [0.5, 0.6) is 0 Å². The van der Waals surface area contributed by atoms with E-state index in [4.69, 9.17) is 0 Å². The van der Waals surface area contributed by atoms with Gasteiger partial charge in [0.1, 0.15) is 0 Å².